The van der Waals surface area contributed by atoms with Crippen LogP contribution in [0.2, 0.25) is 5.02 Å². The summed E-state index contributed by atoms with van der Waals surface area (Å²) >= 11 is 6.24. The van der Waals surface area contributed by atoms with Crippen LogP contribution in [0.1, 0.15) is 25.3 Å². The van der Waals surface area contributed by atoms with E-state index in [0.717, 1.165) is 38.1 Å². The first-order chi connectivity index (χ1) is 9.69. The van der Waals surface area contributed by atoms with Crippen molar-refractivity contribution in [3.05, 3.63) is 28.8 Å². The Morgan fingerprint density at radius 2 is 2.10 bits per heavy atom. The number of fused-ring (bicyclic) bond motifs is 3. The summed E-state index contributed by atoms with van der Waals surface area (Å²) < 4.78 is 5.46. The predicted molar refractivity (Wildman–Crippen MR) is 80.4 cm³/mol. The van der Waals surface area contributed by atoms with Gasteiger partial charge in [-0.2, -0.15) is 0 Å². The van der Waals surface area contributed by atoms with Crippen molar-refractivity contribution in [3.8, 4) is 5.75 Å². The summed E-state index contributed by atoms with van der Waals surface area (Å²) in [6, 6.07) is 6.22. The van der Waals surface area contributed by atoms with Crippen molar-refractivity contribution in [1.82, 2.24) is 4.90 Å². The Labute approximate surface area is 125 Å². The van der Waals surface area contributed by atoms with Crippen LogP contribution in [0.15, 0.2) is 18.2 Å². The second-order valence-corrected chi connectivity index (χ2v) is 6.24. The highest BCUT2D eigenvalue weighted by Gasteiger charge is 2.40. The summed E-state index contributed by atoms with van der Waals surface area (Å²) in [5.74, 6) is 1.23. The lowest BCUT2D eigenvalue weighted by atomic mass is 9.78. The van der Waals surface area contributed by atoms with E-state index in [-0.39, 0.29) is 12.1 Å². The Kier molecular flexibility index (Phi) is 4.20. The number of aliphatic hydroxyl groups is 1. The van der Waals surface area contributed by atoms with Crippen molar-refractivity contribution in [1.29, 1.82) is 0 Å². The minimum atomic E-state index is -0.192. The molecule has 4 rings (SSSR count). The molecule has 3 saturated heterocycles. The zero-order valence-electron chi connectivity index (χ0n) is 11.9. The van der Waals surface area contributed by atoms with Gasteiger partial charge in [-0.25, -0.2) is 0 Å². The predicted octanol–water partition coefficient (Wildman–Crippen LogP) is 2.74. The topological polar surface area (TPSA) is 32.7 Å². The number of nitrogens with zero attached hydrogens (tertiary/aromatic N) is 1. The van der Waals surface area contributed by atoms with Crippen molar-refractivity contribution in [2.45, 2.75) is 38.3 Å². The summed E-state index contributed by atoms with van der Waals surface area (Å²) in [5, 5.41) is 11.1. The van der Waals surface area contributed by atoms with Crippen molar-refractivity contribution in [3.63, 3.8) is 0 Å². The van der Waals surface area contributed by atoms with Gasteiger partial charge in [-0.3, -0.25) is 4.90 Å². The molecule has 3 aliphatic heterocycles. The van der Waals surface area contributed by atoms with E-state index in [0.29, 0.717) is 17.5 Å². The summed E-state index contributed by atoms with van der Waals surface area (Å²) in [7, 11) is 0. The Hall–Kier alpha value is -0.770. The zero-order valence-corrected chi connectivity index (χ0v) is 12.6. The summed E-state index contributed by atoms with van der Waals surface area (Å²) in [6.07, 6.45) is 2.95. The van der Waals surface area contributed by atoms with Crippen LogP contribution in [-0.2, 0) is 6.42 Å². The van der Waals surface area contributed by atoms with Gasteiger partial charge in [-0.1, -0.05) is 17.7 Å². The summed E-state index contributed by atoms with van der Waals surface area (Å²) in [5.41, 5.74) is 1.18. The monoisotopic (exact) mass is 295 g/mol. The largest absolute Gasteiger partial charge is 0.492 e. The third kappa shape index (κ3) is 2.67. The molecule has 0 saturated carbocycles. The van der Waals surface area contributed by atoms with Crippen molar-refractivity contribution < 1.29 is 9.84 Å². The molecule has 2 bridgehead atoms. The molecule has 0 spiro atoms. The van der Waals surface area contributed by atoms with Gasteiger partial charge >= 0.3 is 0 Å². The first-order valence-electron chi connectivity index (χ1n) is 7.52. The molecule has 3 heterocycles. The SMILES string of the molecule is CCOc1ccc(CC2C(O)C3CCN2CC3)cc1Cl. The molecule has 0 aliphatic carbocycles. The molecule has 1 aromatic rings. The van der Waals surface area contributed by atoms with Crippen LogP contribution in [0.25, 0.3) is 0 Å². The van der Waals surface area contributed by atoms with Crippen LogP contribution in [0.3, 0.4) is 0 Å². The van der Waals surface area contributed by atoms with Crippen LogP contribution in [-0.4, -0.2) is 41.8 Å². The molecule has 0 radical (unpaired) electrons. The molecular weight excluding hydrogens is 274 g/mol. The average Bonchev–Trinajstić information content (AvgIpc) is 2.46. The number of hydrogen-bond donors (Lipinski definition) is 1. The van der Waals surface area contributed by atoms with Gasteiger partial charge < -0.3 is 9.84 Å². The molecule has 1 N–H and O–H groups in total. The fraction of sp³-hybridized carbons (Fsp3) is 0.625. The molecule has 2 unspecified atom stereocenters. The van der Waals surface area contributed by atoms with Crippen LogP contribution in [0.4, 0.5) is 0 Å². The van der Waals surface area contributed by atoms with E-state index in [9.17, 15) is 5.11 Å². The van der Waals surface area contributed by atoms with E-state index < -0.39 is 0 Å². The van der Waals surface area contributed by atoms with Crippen molar-refractivity contribution in [2.75, 3.05) is 19.7 Å². The van der Waals surface area contributed by atoms with Crippen LogP contribution in [0.5, 0.6) is 5.75 Å². The number of benzene rings is 1. The lowest BCUT2D eigenvalue weighted by Crippen LogP contribution is -2.58. The molecule has 0 amide bonds. The number of aliphatic hydroxyl groups excluding tert-OH is 1. The van der Waals surface area contributed by atoms with E-state index in [1.165, 1.54) is 5.56 Å². The highest BCUT2D eigenvalue weighted by Crippen LogP contribution is 2.34. The number of hydrogen-bond acceptors (Lipinski definition) is 3. The van der Waals surface area contributed by atoms with E-state index in [4.69, 9.17) is 16.3 Å². The summed E-state index contributed by atoms with van der Waals surface area (Å²) in [6.45, 7) is 4.82. The number of piperidine rings is 3. The molecule has 3 fully saturated rings. The normalized spacial score (nSPS) is 32.4. The highest BCUT2D eigenvalue weighted by molar-refractivity contribution is 6.32. The molecule has 0 aromatic heterocycles. The fourth-order valence-corrected chi connectivity index (χ4v) is 3.82. The second-order valence-electron chi connectivity index (χ2n) is 5.83. The number of halogens is 1. The van der Waals surface area contributed by atoms with Crippen LogP contribution in [0, 0.1) is 5.92 Å². The Morgan fingerprint density at radius 1 is 1.35 bits per heavy atom. The third-order valence-electron chi connectivity index (χ3n) is 4.66. The molecule has 3 nitrogen and oxygen atoms in total. The van der Waals surface area contributed by atoms with E-state index >= 15 is 0 Å². The molecule has 1 aromatic carbocycles. The third-order valence-corrected chi connectivity index (χ3v) is 4.96. The lowest BCUT2D eigenvalue weighted by Gasteiger charge is -2.49. The van der Waals surface area contributed by atoms with Gasteiger partial charge in [0.05, 0.1) is 17.7 Å². The lowest BCUT2D eigenvalue weighted by molar-refractivity contribution is -0.0715. The van der Waals surface area contributed by atoms with E-state index in [1.807, 2.05) is 19.1 Å². The van der Waals surface area contributed by atoms with Gasteiger partial charge in [0, 0.05) is 6.04 Å². The molecular formula is C16H22ClNO2. The van der Waals surface area contributed by atoms with Crippen molar-refractivity contribution in [2.24, 2.45) is 5.92 Å². The standard InChI is InChI=1S/C16H22ClNO2/c1-2-20-15-4-3-11(9-13(15)17)10-14-16(19)12-5-7-18(14)8-6-12/h3-4,9,12,14,16,19H,2,5-8,10H2,1H3. The molecule has 4 heteroatoms. The maximum absolute atomic E-state index is 10.4. The molecule has 2 atom stereocenters. The highest BCUT2D eigenvalue weighted by atomic mass is 35.5. The van der Waals surface area contributed by atoms with E-state index in [1.54, 1.807) is 0 Å². The minimum absolute atomic E-state index is 0.192. The number of ether oxygens (including phenoxy) is 1. The van der Waals surface area contributed by atoms with Crippen molar-refractivity contribution >= 4 is 11.6 Å². The maximum atomic E-state index is 10.4. The van der Waals surface area contributed by atoms with Crippen LogP contribution >= 0.6 is 11.6 Å². The minimum Gasteiger partial charge on any atom is -0.492 e. The second kappa shape index (κ2) is 5.92. The molecule has 20 heavy (non-hydrogen) atoms. The molecule has 110 valence electrons. The summed E-state index contributed by atoms with van der Waals surface area (Å²) in [4.78, 5) is 2.43. The quantitative estimate of drug-likeness (QED) is 0.927. The van der Waals surface area contributed by atoms with Gasteiger partial charge in [0.25, 0.3) is 0 Å². The fourth-order valence-electron chi connectivity index (χ4n) is 3.56. The Morgan fingerprint density at radius 3 is 2.70 bits per heavy atom. The van der Waals surface area contributed by atoms with Gasteiger partial charge in [0.2, 0.25) is 0 Å². The molecule has 3 aliphatic rings. The maximum Gasteiger partial charge on any atom is 0.137 e. The van der Waals surface area contributed by atoms with Gasteiger partial charge in [-0.05, 0) is 62.9 Å². The first-order valence-corrected chi connectivity index (χ1v) is 7.90. The Bertz CT molecular complexity index is 470. The average molecular weight is 296 g/mol. The van der Waals surface area contributed by atoms with Gasteiger partial charge in [0.1, 0.15) is 5.75 Å². The van der Waals surface area contributed by atoms with E-state index in [2.05, 4.69) is 11.0 Å². The van der Waals surface area contributed by atoms with Gasteiger partial charge in [0.15, 0.2) is 0 Å². The number of rotatable bonds is 4. The smallest absolute Gasteiger partial charge is 0.137 e. The van der Waals surface area contributed by atoms with Gasteiger partial charge in [-0.15, -0.1) is 0 Å². The Balaban J connectivity index is 1.73. The zero-order chi connectivity index (χ0) is 14.1. The first kappa shape index (κ1) is 14.2. The van der Waals surface area contributed by atoms with Crippen LogP contribution < -0.4 is 4.74 Å².